The van der Waals surface area contributed by atoms with Crippen molar-refractivity contribution in [3.8, 4) is 0 Å². The number of fused-ring (bicyclic) bond motifs is 1. The Bertz CT molecular complexity index is 1310. The third-order valence-corrected chi connectivity index (χ3v) is 5.61. The van der Waals surface area contributed by atoms with Gasteiger partial charge in [-0.1, -0.05) is 60.1 Å². The Morgan fingerprint density at radius 3 is 2.42 bits per heavy atom. The van der Waals surface area contributed by atoms with Gasteiger partial charge in [0.25, 0.3) is 11.8 Å². The SMILES string of the molecule is Cc1c(/C=N\NC(=O)CNC(=O)c2ccc(Cl)cc2)c2ccccc2n1Cc1ccccc1. The zero-order valence-electron chi connectivity index (χ0n) is 18.1. The van der Waals surface area contributed by atoms with Gasteiger partial charge in [0.2, 0.25) is 0 Å². The molecular weight excluding hydrogens is 436 g/mol. The Kier molecular flexibility index (Phi) is 6.86. The van der Waals surface area contributed by atoms with Crippen molar-refractivity contribution in [1.29, 1.82) is 0 Å². The maximum Gasteiger partial charge on any atom is 0.259 e. The lowest BCUT2D eigenvalue weighted by molar-refractivity contribution is -0.120. The predicted octanol–water partition coefficient (Wildman–Crippen LogP) is 4.53. The molecule has 33 heavy (non-hydrogen) atoms. The Morgan fingerprint density at radius 1 is 0.970 bits per heavy atom. The van der Waals surface area contributed by atoms with Gasteiger partial charge in [-0.25, -0.2) is 5.43 Å². The number of carbonyl (C=O) groups excluding carboxylic acids is 2. The van der Waals surface area contributed by atoms with Crippen LogP contribution in [0.2, 0.25) is 5.02 Å². The van der Waals surface area contributed by atoms with Crippen LogP contribution in [-0.4, -0.2) is 29.1 Å². The summed E-state index contributed by atoms with van der Waals surface area (Å²) in [6.07, 6.45) is 1.65. The molecule has 0 bridgehead atoms. The molecule has 7 heteroatoms. The molecule has 0 unspecified atom stereocenters. The van der Waals surface area contributed by atoms with Gasteiger partial charge in [0, 0.05) is 39.3 Å². The van der Waals surface area contributed by atoms with Crippen molar-refractivity contribution >= 4 is 40.5 Å². The molecule has 0 aliphatic carbocycles. The molecular formula is C26H23ClN4O2. The average Bonchev–Trinajstić information content (AvgIpc) is 3.10. The van der Waals surface area contributed by atoms with E-state index in [-0.39, 0.29) is 12.5 Å². The summed E-state index contributed by atoms with van der Waals surface area (Å²) in [7, 11) is 0. The first kappa shape index (κ1) is 22.3. The molecule has 0 fully saturated rings. The molecule has 1 heterocycles. The molecule has 4 aromatic rings. The number of nitrogens with zero attached hydrogens (tertiary/aromatic N) is 2. The number of halogens is 1. The van der Waals surface area contributed by atoms with Crippen LogP contribution >= 0.6 is 11.6 Å². The van der Waals surface area contributed by atoms with Gasteiger partial charge in [-0.3, -0.25) is 9.59 Å². The smallest absolute Gasteiger partial charge is 0.259 e. The molecule has 1 aromatic heterocycles. The minimum Gasteiger partial charge on any atom is -0.343 e. The van der Waals surface area contributed by atoms with Gasteiger partial charge in [-0.15, -0.1) is 0 Å². The number of benzene rings is 3. The van der Waals surface area contributed by atoms with E-state index < -0.39 is 5.91 Å². The lowest BCUT2D eigenvalue weighted by Gasteiger charge is -2.08. The van der Waals surface area contributed by atoms with E-state index in [2.05, 4.69) is 38.6 Å². The van der Waals surface area contributed by atoms with Crippen molar-refractivity contribution in [3.63, 3.8) is 0 Å². The highest BCUT2D eigenvalue weighted by Crippen LogP contribution is 2.25. The summed E-state index contributed by atoms with van der Waals surface area (Å²) in [5, 5.41) is 8.29. The fraction of sp³-hybridized carbons (Fsp3) is 0.115. The number of hydrogen-bond acceptors (Lipinski definition) is 3. The van der Waals surface area contributed by atoms with E-state index in [1.165, 1.54) is 5.56 Å². The predicted molar refractivity (Wildman–Crippen MR) is 132 cm³/mol. The standard InChI is InChI=1S/C26H23ClN4O2/c1-18-23(15-29-30-25(32)16-28-26(33)20-11-13-21(27)14-12-20)22-9-5-6-10-24(22)31(18)17-19-7-3-2-4-8-19/h2-15H,16-17H2,1H3,(H,28,33)(H,30,32)/b29-15-. The van der Waals surface area contributed by atoms with E-state index in [1.54, 1.807) is 30.5 Å². The topological polar surface area (TPSA) is 75.5 Å². The Morgan fingerprint density at radius 2 is 1.67 bits per heavy atom. The van der Waals surface area contributed by atoms with Gasteiger partial charge in [0.1, 0.15) is 0 Å². The number of hydrogen-bond donors (Lipinski definition) is 2. The molecule has 0 spiro atoms. The number of amides is 2. The van der Waals surface area contributed by atoms with Crippen LogP contribution in [-0.2, 0) is 11.3 Å². The first-order chi connectivity index (χ1) is 16.0. The van der Waals surface area contributed by atoms with Crippen LogP contribution in [0.15, 0.2) is 84.0 Å². The highest BCUT2D eigenvalue weighted by molar-refractivity contribution is 6.30. The van der Waals surface area contributed by atoms with E-state index in [4.69, 9.17) is 11.6 Å². The number of rotatable bonds is 7. The summed E-state index contributed by atoms with van der Waals surface area (Å²) in [6, 6.07) is 24.8. The normalized spacial score (nSPS) is 11.1. The molecule has 166 valence electrons. The molecule has 0 aliphatic rings. The average molecular weight is 459 g/mol. The van der Waals surface area contributed by atoms with Crippen molar-refractivity contribution < 1.29 is 9.59 Å². The maximum atomic E-state index is 12.2. The lowest BCUT2D eigenvalue weighted by atomic mass is 10.1. The molecule has 0 atom stereocenters. The molecule has 0 aliphatic heterocycles. The second kappa shape index (κ2) is 10.1. The molecule has 4 rings (SSSR count). The van der Waals surface area contributed by atoms with Crippen molar-refractivity contribution in [3.05, 3.63) is 106 Å². The van der Waals surface area contributed by atoms with Crippen LogP contribution in [0.4, 0.5) is 0 Å². The number of nitrogens with one attached hydrogen (secondary N) is 2. The van der Waals surface area contributed by atoms with Crippen LogP contribution in [0.25, 0.3) is 10.9 Å². The highest BCUT2D eigenvalue weighted by atomic mass is 35.5. The highest BCUT2D eigenvalue weighted by Gasteiger charge is 2.13. The maximum absolute atomic E-state index is 12.2. The molecule has 6 nitrogen and oxygen atoms in total. The summed E-state index contributed by atoms with van der Waals surface area (Å²) >= 11 is 5.83. The summed E-state index contributed by atoms with van der Waals surface area (Å²) in [5.74, 6) is -0.773. The van der Waals surface area contributed by atoms with E-state index >= 15 is 0 Å². The fourth-order valence-electron chi connectivity index (χ4n) is 3.66. The first-order valence-corrected chi connectivity index (χ1v) is 10.9. The van der Waals surface area contributed by atoms with E-state index in [0.717, 1.165) is 28.7 Å². The lowest BCUT2D eigenvalue weighted by Crippen LogP contribution is -2.34. The van der Waals surface area contributed by atoms with Crippen LogP contribution < -0.4 is 10.7 Å². The second-order valence-corrected chi connectivity index (χ2v) is 8.01. The zero-order chi connectivity index (χ0) is 23.2. The Labute approximate surface area is 196 Å². The second-order valence-electron chi connectivity index (χ2n) is 7.57. The van der Waals surface area contributed by atoms with Gasteiger partial charge in [-0.2, -0.15) is 5.10 Å². The summed E-state index contributed by atoms with van der Waals surface area (Å²) in [4.78, 5) is 24.3. The number of aromatic nitrogens is 1. The summed E-state index contributed by atoms with van der Waals surface area (Å²) < 4.78 is 2.24. The van der Waals surface area contributed by atoms with Crippen LogP contribution in [0.3, 0.4) is 0 Å². The number of hydrazone groups is 1. The summed E-state index contributed by atoms with van der Waals surface area (Å²) in [5.41, 5.74) is 7.20. The van der Waals surface area contributed by atoms with Crippen LogP contribution in [0, 0.1) is 6.92 Å². The van der Waals surface area contributed by atoms with Gasteiger partial charge < -0.3 is 9.88 Å². The first-order valence-electron chi connectivity index (χ1n) is 10.5. The van der Waals surface area contributed by atoms with Crippen molar-refractivity contribution in [2.24, 2.45) is 5.10 Å². The minimum absolute atomic E-state index is 0.187. The summed E-state index contributed by atoms with van der Waals surface area (Å²) in [6.45, 7) is 2.59. The quantitative estimate of drug-likeness (QED) is 0.315. The molecule has 0 saturated heterocycles. The molecule has 3 aromatic carbocycles. The zero-order valence-corrected chi connectivity index (χ0v) is 18.8. The Balaban J connectivity index is 1.43. The molecule has 0 saturated carbocycles. The number of carbonyl (C=O) groups is 2. The van der Waals surface area contributed by atoms with Gasteiger partial charge in [-0.05, 0) is 42.8 Å². The van der Waals surface area contributed by atoms with Gasteiger partial charge >= 0.3 is 0 Å². The van der Waals surface area contributed by atoms with Crippen LogP contribution in [0.5, 0.6) is 0 Å². The van der Waals surface area contributed by atoms with Crippen molar-refractivity contribution in [2.75, 3.05) is 6.54 Å². The van der Waals surface area contributed by atoms with E-state index in [0.29, 0.717) is 10.6 Å². The third-order valence-electron chi connectivity index (χ3n) is 5.36. The molecule has 2 amide bonds. The number of para-hydroxylation sites is 1. The largest absolute Gasteiger partial charge is 0.343 e. The van der Waals surface area contributed by atoms with E-state index in [1.807, 2.05) is 43.3 Å². The van der Waals surface area contributed by atoms with Crippen molar-refractivity contribution in [2.45, 2.75) is 13.5 Å². The van der Waals surface area contributed by atoms with Crippen molar-refractivity contribution in [1.82, 2.24) is 15.3 Å². The molecule has 2 N–H and O–H groups in total. The van der Waals surface area contributed by atoms with Gasteiger partial charge in [0.15, 0.2) is 0 Å². The van der Waals surface area contributed by atoms with Crippen LogP contribution in [0.1, 0.15) is 27.2 Å². The third kappa shape index (κ3) is 5.30. The Hall–Kier alpha value is -3.90. The fourth-order valence-corrected chi connectivity index (χ4v) is 3.79. The minimum atomic E-state index is -0.417. The van der Waals surface area contributed by atoms with E-state index in [9.17, 15) is 9.59 Å². The molecule has 0 radical (unpaired) electrons. The monoisotopic (exact) mass is 458 g/mol. The van der Waals surface area contributed by atoms with Gasteiger partial charge in [0.05, 0.1) is 12.8 Å².